The van der Waals surface area contributed by atoms with Gasteiger partial charge in [-0.15, -0.1) is 0 Å². The van der Waals surface area contributed by atoms with Crippen molar-refractivity contribution >= 4 is 11.9 Å². The van der Waals surface area contributed by atoms with Crippen LogP contribution >= 0.6 is 0 Å². The van der Waals surface area contributed by atoms with Gasteiger partial charge in [0.25, 0.3) is 0 Å². The molecular formula is C21H24O4. The topological polar surface area (TPSA) is 52.6 Å². The highest BCUT2D eigenvalue weighted by atomic mass is 16.6. The summed E-state index contributed by atoms with van der Waals surface area (Å²) in [6, 6.07) is 17.6. The molecule has 0 amide bonds. The van der Waals surface area contributed by atoms with Crippen molar-refractivity contribution in [3.05, 3.63) is 71.8 Å². The predicted molar refractivity (Wildman–Crippen MR) is 96.5 cm³/mol. The molecule has 0 saturated carbocycles. The lowest BCUT2D eigenvalue weighted by molar-refractivity contribution is -0.0330. The van der Waals surface area contributed by atoms with Crippen LogP contribution < -0.4 is 0 Å². The van der Waals surface area contributed by atoms with E-state index in [1.54, 1.807) is 55.5 Å². The van der Waals surface area contributed by atoms with E-state index in [1.165, 1.54) is 0 Å². The first kappa shape index (κ1) is 18.7. The summed E-state index contributed by atoms with van der Waals surface area (Å²) in [7, 11) is 0. The van der Waals surface area contributed by atoms with Gasteiger partial charge in [0.1, 0.15) is 12.2 Å². The van der Waals surface area contributed by atoms with Crippen LogP contribution in [0, 0.1) is 0 Å². The molecule has 0 aliphatic heterocycles. The van der Waals surface area contributed by atoms with Crippen molar-refractivity contribution in [2.45, 2.75) is 45.3 Å². The molecule has 0 bridgehead atoms. The van der Waals surface area contributed by atoms with E-state index < -0.39 is 24.1 Å². The zero-order valence-corrected chi connectivity index (χ0v) is 14.7. The van der Waals surface area contributed by atoms with Gasteiger partial charge in [0, 0.05) is 0 Å². The molecule has 0 N–H and O–H groups in total. The Morgan fingerprint density at radius 1 is 0.840 bits per heavy atom. The number of benzene rings is 2. The minimum atomic E-state index is -0.521. The van der Waals surface area contributed by atoms with Crippen molar-refractivity contribution in [3.63, 3.8) is 0 Å². The second kappa shape index (κ2) is 9.62. The molecule has 0 spiro atoms. The molecule has 132 valence electrons. The summed E-state index contributed by atoms with van der Waals surface area (Å²) in [6.45, 7) is 3.83. The average molecular weight is 340 g/mol. The van der Waals surface area contributed by atoms with Crippen LogP contribution in [0.2, 0.25) is 0 Å². The molecule has 0 fully saturated rings. The van der Waals surface area contributed by atoms with Crippen LogP contribution in [-0.4, -0.2) is 24.1 Å². The van der Waals surface area contributed by atoms with Crippen molar-refractivity contribution in [1.82, 2.24) is 0 Å². The summed E-state index contributed by atoms with van der Waals surface area (Å²) in [4.78, 5) is 24.5. The van der Waals surface area contributed by atoms with E-state index in [1.807, 2.05) is 12.1 Å². The number of ether oxygens (including phenoxy) is 2. The van der Waals surface area contributed by atoms with Gasteiger partial charge in [-0.05, 0) is 44.0 Å². The maximum atomic E-state index is 12.3. The summed E-state index contributed by atoms with van der Waals surface area (Å²) in [5.41, 5.74) is 0.976. The fraction of sp³-hybridized carbons (Fsp3) is 0.333. The molecule has 0 aliphatic carbocycles. The van der Waals surface area contributed by atoms with Gasteiger partial charge in [0.15, 0.2) is 0 Å². The van der Waals surface area contributed by atoms with Crippen molar-refractivity contribution < 1.29 is 19.1 Å². The number of hydrogen-bond donors (Lipinski definition) is 0. The van der Waals surface area contributed by atoms with Crippen LogP contribution in [0.25, 0.3) is 0 Å². The highest BCUT2D eigenvalue weighted by Crippen LogP contribution is 2.16. The lowest BCUT2D eigenvalue weighted by Crippen LogP contribution is -2.33. The highest BCUT2D eigenvalue weighted by molar-refractivity contribution is 5.90. The third-order valence-corrected chi connectivity index (χ3v) is 3.94. The van der Waals surface area contributed by atoms with Gasteiger partial charge in [-0.25, -0.2) is 9.59 Å². The first-order valence-electron chi connectivity index (χ1n) is 8.64. The van der Waals surface area contributed by atoms with Gasteiger partial charge >= 0.3 is 11.9 Å². The van der Waals surface area contributed by atoms with E-state index in [2.05, 4.69) is 6.92 Å². The Hall–Kier alpha value is -2.62. The zero-order valence-electron chi connectivity index (χ0n) is 14.7. The Kier molecular flexibility index (Phi) is 7.20. The van der Waals surface area contributed by atoms with E-state index in [9.17, 15) is 9.59 Å². The minimum absolute atomic E-state index is 0.399. The van der Waals surface area contributed by atoms with E-state index >= 15 is 0 Å². The summed E-state index contributed by atoms with van der Waals surface area (Å²) < 4.78 is 11.1. The lowest BCUT2D eigenvalue weighted by Gasteiger charge is -2.24. The molecule has 0 radical (unpaired) electrons. The lowest BCUT2D eigenvalue weighted by atomic mass is 10.1. The monoisotopic (exact) mass is 340 g/mol. The van der Waals surface area contributed by atoms with Crippen molar-refractivity contribution in [1.29, 1.82) is 0 Å². The molecule has 0 aliphatic rings. The Labute approximate surface area is 148 Å². The number of unbranched alkanes of at least 4 members (excludes halogenated alkanes) is 1. The molecule has 0 saturated heterocycles. The molecule has 2 unspecified atom stereocenters. The van der Waals surface area contributed by atoms with Crippen LogP contribution in [-0.2, 0) is 9.47 Å². The van der Waals surface area contributed by atoms with E-state index in [4.69, 9.17) is 9.47 Å². The van der Waals surface area contributed by atoms with E-state index in [0.717, 1.165) is 12.8 Å². The molecule has 2 aromatic carbocycles. The standard InChI is InChI=1S/C21H24O4/c1-3-4-15-19(25-21(23)18-13-9-6-10-14-18)16(2)24-20(22)17-11-7-5-8-12-17/h5-14,16,19H,3-4,15H2,1-2H3. The molecule has 4 nitrogen and oxygen atoms in total. The quantitative estimate of drug-likeness (QED) is 0.657. The molecule has 2 atom stereocenters. The molecule has 2 aromatic rings. The maximum absolute atomic E-state index is 12.3. The van der Waals surface area contributed by atoms with Crippen LogP contribution in [0.15, 0.2) is 60.7 Å². The molecule has 0 heterocycles. The third-order valence-electron chi connectivity index (χ3n) is 3.94. The fourth-order valence-electron chi connectivity index (χ4n) is 2.46. The fourth-order valence-corrected chi connectivity index (χ4v) is 2.46. The minimum Gasteiger partial charge on any atom is -0.455 e. The zero-order chi connectivity index (χ0) is 18.1. The number of hydrogen-bond acceptors (Lipinski definition) is 4. The van der Waals surface area contributed by atoms with Gasteiger partial charge in [-0.2, -0.15) is 0 Å². The molecule has 2 rings (SSSR count). The SMILES string of the molecule is CCCCC(OC(=O)c1ccccc1)C(C)OC(=O)c1ccccc1. The Morgan fingerprint density at radius 3 is 1.80 bits per heavy atom. The average Bonchev–Trinajstić information content (AvgIpc) is 2.66. The Bertz CT molecular complexity index is 667. The van der Waals surface area contributed by atoms with Crippen molar-refractivity contribution in [3.8, 4) is 0 Å². The summed E-state index contributed by atoms with van der Waals surface area (Å²) >= 11 is 0. The van der Waals surface area contributed by atoms with Gasteiger partial charge in [-0.1, -0.05) is 49.7 Å². The summed E-state index contributed by atoms with van der Waals surface area (Å²) in [6.07, 6.45) is 1.52. The number of rotatable bonds is 8. The van der Waals surface area contributed by atoms with E-state index in [-0.39, 0.29) is 0 Å². The van der Waals surface area contributed by atoms with Crippen molar-refractivity contribution in [2.24, 2.45) is 0 Å². The largest absolute Gasteiger partial charge is 0.455 e. The number of esters is 2. The van der Waals surface area contributed by atoms with E-state index in [0.29, 0.717) is 17.5 Å². The predicted octanol–water partition coefficient (Wildman–Crippen LogP) is 4.65. The van der Waals surface area contributed by atoms with Crippen molar-refractivity contribution in [2.75, 3.05) is 0 Å². The molecule has 0 aromatic heterocycles. The number of carbonyl (C=O) groups excluding carboxylic acids is 2. The van der Waals surface area contributed by atoms with Gasteiger partial charge in [0.2, 0.25) is 0 Å². The van der Waals surface area contributed by atoms with Gasteiger partial charge in [-0.3, -0.25) is 0 Å². The maximum Gasteiger partial charge on any atom is 0.338 e. The van der Waals surface area contributed by atoms with Gasteiger partial charge < -0.3 is 9.47 Å². The third kappa shape index (κ3) is 5.75. The smallest absolute Gasteiger partial charge is 0.338 e. The first-order chi connectivity index (χ1) is 12.1. The van der Waals surface area contributed by atoms with Gasteiger partial charge in [0.05, 0.1) is 11.1 Å². The second-order valence-corrected chi connectivity index (χ2v) is 5.93. The Morgan fingerprint density at radius 2 is 1.32 bits per heavy atom. The highest BCUT2D eigenvalue weighted by Gasteiger charge is 2.25. The van der Waals surface area contributed by atoms with Crippen LogP contribution in [0.4, 0.5) is 0 Å². The van der Waals surface area contributed by atoms with Crippen LogP contribution in [0.3, 0.4) is 0 Å². The van der Waals surface area contributed by atoms with Crippen LogP contribution in [0.5, 0.6) is 0 Å². The Balaban J connectivity index is 2.02. The van der Waals surface area contributed by atoms with Crippen LogP contribution in [0.1, 0.15) is 53.8 Å². The molecular weight excluding hydrogens is 316 g/mol. The first-order valence-corrected chi connectivity index (χ1v) is 8.64. The summed E-state index contributed by atoms with van der Waals surface area (Å²) in [5, 5.41) is 0. The second-order valence-electron chi connectivity index (χ2n) is 5.93. The normalized spacial score (nSPS) is 12.9. The summed E-state index contributed by atoms with van der Waals surface area (Å²) in [5.74, 6) is -0.810. The molecule has 25 heavy (non-hydrogen) atoms. The number of carbonyl (C=O) groups is 2. The molecule has 4 heteroatoms.